The summed E-state index contributed by atoms with van der Waals surface area (Å²) in [5.41, 5.74) is -0.603. The van der Waals surface area contributed by atoms with Crippen LogP contribution in [0.4, 0.5) is 18.9 Å². The highest BCUT2D eigenvalue weighted by atomic mass is 19.4. The number of alkyl halides is 3. The molecule has 6 nitrogen and oxygen atoms in total. The molecular formula is C20H16F3N3O3. The molecule has 0 radical (unpaired) electrons. The van der Waals surface area contributed by atoms with Crippen molar-refractivity contribution in [1.82, 2.24) is 9.78 Å². The Labute approximate surface area is 163 Å². The highest BCUT2D eigenvalue weighted by Gasteiger charge is 2.31. The number of nitrogens with one attached hydrogen (secondary N) is 1. The number of carbonyl (C=O) groups excluding carboxylic acids is 1. The van der Waals surface area contributed by atoms with Crippen LogP contribution in [0.25, 0.3) is 0 Å². The minimum atomic E-state index is -4.51. The van der Waals surface area contributed by atoms with Crippen LogP contribution in [-0.2, 0) is 12.7 Å². The second kappa shape index (κ2) is 7.50. The Morgan fingerprint density at radius 1 is 1.17 bits per heavy atom. The normalized spacial score (nSPS) is 15.8. The Morgan fingerprint density at radius 2 is 1.97 bits per heavy atom. The molecule has 2 aromatic carbocycles. The molecule has 0 aliphatic carbocycles. The summed E-state index contributed by atoms with van der Waals surface area (Å²) in [5, 5.41) is 6.70. The van der Waals surface area contributed by atoms with Gasteiger partial charge < -0.3 is 14.8 Å². The third kappa shape index (κ3) is 4.34. The van der Waals surface area contributed by atoms with Gasteiger partial charge in [-0.05, 0) is 30.3 Å². The summed E-state index contributed by atoms with van der Waals surface area (Å²) in [6.07, 6.45) is -1.78. The third-order valence-corrected chi connectivity index (χ3v) is 4.30. The lowest BCUT2D eigenvalue weighted by molar-refractivity contribution is -0.137. The van der Waals surface area contributed by atoms with Crippen LogP contribution in [0.5, 0.6) is 11.5 Å². The summed E-state index contributed by atoms with van der Waals surface area (Å²) >= 11 is 0. The predicted octanol–water partition coefficient (Wildman–Crippen LogP) is 3.99. The number of hydrogen-bond acceptors (Lipinski definition) is 4. The van der Waals surface area contributed by atoms with Crippen LogP contribution in [-0.4, -0.2) is 28.4 Å². The van der Waals surface area contributed by atoms with E-state index in [4.69, 9.17) is 9.47 Å². The summed E-state index contributed by atoms with van der Waals surface area (Å²) in [4.78, 5) is 12.3. The van der Waals surface area contributed by atoms with Gasteiger partial charge in [0.25, 0.3) is 5.91 Å². The van der Waals surface area contributed by atoms with Gasteiger partial charge in [0.2, 0.25) is 0 Å². The van der Waals surface area contributed by atoms with E-state index in [9.17, 15) is 18.0 Å². The molecule has 0 unspecified atom stereocenters. The number of aromatic nitrogens is 2. The van der Waals surface area contributed by atoms with Crippen molar-refractivity contribution in [3.63, 3.8) is 0 Å². The van der Waals surface area contributed by atoms with Crippen molar-refractivity contribution in [3.05, 3.63) is 72.1 Å². The first kappa shape index (κ1) is 18.9. The molecule has 2 heterocycles. The molecule has 0 spiro atoms. The quantitative estimate of drug-likeness (QED) is 0.715. The fraction of sp³-hybridized carbons (Fsp3) is 0.200. The second-order valence-corrected chi connectivity index (χ2v) is 6.48. The van der Waals surface area contributed by atoms with Crippen LogP contribution < -0.4 is 14.8 Å². The number of rotatable bonds is 4. The van der Waals surface area contributed by atoms with Crippen LogP contribution in [0.1, 0.15) is 15.9 Å². The molecule has 0 fully saturated rings. The fourth-order valence-corrected chi connectivity index (χ4v) is 2.93. The Bertz CT molecular complexity index is 1030. The first-order valence-electron chi connectivity index (χ1n) is 8.78. The zero-order valence-corrected chi connectivity index (χ0v) is 15.0. The Hall–Kier alpha value is -3.49. The molecule has 1 aliphatic heterocycles. The third-order valence-electron chi connectivity index (χ3n) is 4.30. The summed E-state index contributed by atoms with van der Waals surface area (Å²) in [7, 11) is 0. The molecule has 29 heavy (non-hydrogen) atoms. The molecule has 150 valence electrons. The van der Waals surface area contributed by atoms with Gasteiger partial charge in [0.15, 0.2) is 17.6 Å². The number of ether oxygens (including phenoxy) is 2. The van der Waals surface area contributed by atoms with Crippen LogP contribution >= 0.6 is 0 Å². The lowest BCUT2D eigenvalue weighted by atomic mass is 10.1. The minimum absolute atomic E-state index is 0.0896. The van der Waals surface area contributed by atoms with Gasteiger partial charge in [-0.3, -0.25) is 9.48 Å². The van der Waals surface area contributed by atoms with Crippen molar-refractivity contribution in [2.45, 2.75) is 18.8 Å². The molecule has 1 atom stereocenters. The van der Waals surface area contributed by atoms with E-state index >= 15 is 0 Å². The number of halogens is 3. The number of benzene rings is 2. The SMILES string of the molecule is O=C(Nc1cnn(C[C@H]2COc3ccccc3O2)c1)c1cccc(C(F)(F)F)c1. The predicted molar refractivity (Wildman–Crippen MR) is 98.0 cm³/mol. The van der Waals surface area contributed by atoms with Crippen molar-refractivity contribution in [2.75, 3.05) is 11.9 Å². The zero-order chi connectivity index (χ0) is 20.4. The summed E-state index contributed by atoms with van der Waals surface area (Å²) in [5.74, 6) is 0.675. The maximum absolute atomic E-state index is 12.8. The summed E-state index contributed by atoms with van der Waals surface area (Å²) < 4.78 is 51.5. The molecular weight excluding hydrogens is 387 g/mol. The van der Waals surface area contributed by atoms with Gasteiger partial charge in [-0.1, -0.05) is 18.2 Å². The van der Waals surface area contributed by atoms with Crippen molar-refractivity contribution >= 4 is 11.6 Å². The number of anilines is 1. The molecule has 1 amide bonds. The molecule has 9 heteroatoms. The number of amides is 1. The molecule has 1 aromatic heterocycles. The number of carbonyl (C=O) groups is 1. The average Bonchev–Trinajstić information content (AvgIpc) is 3.14. The minimum Gasteiger partial charge on any atom is -0.486 e. The summed E-state index contributed by atoms with van der Waals surface area (Å²) in [6, 6.07) is 11.6. The lowest BCUT2D eigenvalue weighted by Gasteiger charge is -2.26. The van der Waals surface area contributed by atoms with E-state index in [0.29, 0.717) is 30.3 Å². The standard InChI is InChI=1S/C20H16F3N3O3/c21-20(22,23)14-5-3-4-13(8-14)19(27)25-15-9-24-26(10-15)11-16-12-28-17-6-1-2-7-18(17)29-16/h1-10,16H,11-12H2,(H,25,27)/t16-/m0/s1. The molecule has 0 saturated carbocycles. The van der Waals surface area contributed by atoms with E-state index < -0.39 is 17.6 Å². The molecule has 0 saturated heterocycles. The van der Waals surface area contributed by atoms with Gasteiger partial charge in [0, 0.05) is 11.8 Å². The van der Waals surface area contributed by atoms with Crippen LogP contribution in [0.2, 0.25) is 0 Å². The number of hydrogen-bond donors (Lipinski definition) is 1. The average molecular weight is 403 g/mol. The van der Waals surface area contributed by atoms with Crippen molar-refractivity contribution in [1.29, 1.82) is 0 Å². The Balaban J connectivity index is 1.39. The van der Waals surface area contributed by atoms with Gasteiger partial charge in [-0.2, -0.15) is 18.3 Å². The molecule has 1 N–H and O–H groups in total. The van der Waals surface area contributed by atoms with E-state index in [-0.39, 0.29) is 11.7 Å². The van der Waals surface area contributed by atoms with Gasteiger partial charge in [0.1, 0.15) is 6.61 Å². The van der Waals surface area contributed by atoms with Gasteiger partial charge in [0.05, 0.1) is 24.0 Å². The monoisotopic (exact) mass is 403 g/mol. The highest BCUT2D eigenvalue weighted by Crippen LogP contribution is 2.31. The number of para-hydroxylation sites is 2. The van der Waals surface area contributed by atoms with Crippen molar-refractivity contribution in [3.8, 4) is 11.5 Å². The summed E-state index contributed by atoms with van der Waals surface area (Å²) in [6.45, 7) is 0.733. The van der Waals surface area contributed by atoms with Gasteiger partial charge >= 0.3 is 6.18 Å². The maximum atomic E-state index is 12.8. The van der Waals surface area contributed by atoms with Crippen LogP contribution in [0.15, 0.2) is 60.9 Å². The number of fused-ring (bicyclic) bond motifs is 1. The van der Waals surface area contributed by atoms with Gasteiger partial charge in [-0.25, -0.2) is 0 Å². The Kier molecular flexibility index (Phi) is 4.87. The smallest absolute Gasteiger partial charge is 0.416 e. The molecule has 1 aliphatic rings. The van der Waals surface area contributed by atoms with E-state index in [2.05, 4.69) is 10.4 Å². The fourth-order valence-electron chi connectivity index (χ4n) is 2.93. The van der Waals surface area contributed by atoms with Crippen LogP contribution in [0.3, 0.4) is 0 Å². The maximum Gasteiger partial charge on any atom is 0.416 e. The van der Waals surface area contributed by atoms with Gasteiger partial charge in [-0.15, -0.1) is 0 Å². The lowest BCUT2D eigenvalue weighted by Crippen LogP contribution is -2.33. The second-order valence-electron chi connectivity index (χ2n) is 6.48. The van der Waals surface area contributed by atoms with E-state index in [1.165, 1.54) is 18.3 Å². The highest BCUT2D eigenvalue weighted by molar-refractivity contribution is 6.04. The first-order valence-corrected chi connectivity index (χ1v) is 8.78. The van der Waals surface area contributed by atoms with E-state index in [0.717, 1.165) is 12.1 Å². The topological polar surface area (TPSA) is 65.4 Å². The molecule has 4 rings (SSSR count). The van der Waals surface area contributed by atoms with E-state index in [1.807, 2.05) is 24.3 Å². The van der Waals surface area contributed by atoms with Crippen LogP contribution in [0, 0.1) is 0 Å². The zero-order valence-electron chi connectivity index (χ0n) is 15.0. The molecule has 0 bridgehead atoms. The first-order chi connectivity index (χ1) is 13.9. The van der Waals surface area contributed by atoms with E-state index in [1.54, 1.807) is 10.9 Å². The van der Waals surface area contributed by atoms with Crippen molar-refractivity contribution in [2.24, 2.45) is 0 Å². The largest absolute Gasteiger partial charge is 0.486 e. The molecule has 3 aromatic rings. The number of nitrogens with zero attached hydrogens (tertiary/aromatic N) is 2. The van der Waals surface area contributed by atoms with Crippen molar-refractivity contribution < 1.29 is 27.4 Å². The Morgan fingerprint density at radius 3 is 2.76 bits per heavy atom.